The van der Waals surface area contributed by atoms with Crippen molar-refractivity contribution >= 4 is 35.2 Å². The molecule has 1 amide bonds. The van der Waals surface area contributed by atoms with Crippen LogP contribution >= 0.6 is 23.2 Å². The first kappa shape index (κ1) is 16.1. The van der Waals surface area contributed by atoms with Crippen molar-refractivity contribution in [2.45, 2.75) is 39.8 Å². The monoisotopic (exact) mass is 299 g/mol. The summed E-state index contributed by atoms with van der Waals surface area (Å²) in [5, 5.41) is 1.12. The summed E-state index contributed by atoms with van der Waals surface area (Å²) in [5.41, 5.74) is 0.784. The first-order chi connectivity index (χ1) is 8.82. The third-order valence-electron chi connectivity index (χ3n) is 2.74. The van der Waals surface area contributed by atoms with Crippen molar-refractivity contribution in [1.29, 1.82) is 0 Å². The summed E-state index contributed by atoms with van der Waals surface area (Å²) < 4.78 is 0. The number of carbonyl (C=O) groups excluding carboxylic acids is 1. The third kappa shape index (κ3) is 4.55. The van der Waals surface area contributed by atoms with Gasteiger partial charge in [0.15, 0.2) is 0 Å². The predicted octanol–water partition coefficient (Wildman–Crippen LogP) is 4.65. The Morgan fingerprint density at radius 2 is 1.74 bits per heavy atom. The number of amides is 1. The van der Waals surface area contributed by atoms with E-state index in [9.17, 15) is 4.79 Å². The van der Waals surface area contributed by atoms with Gasteiger partial charge in [0.05, 0.1) is 0 Å². The lowest BCUT2D eigenvalue weighted by atomic mass is 10.2. The Hall–Kier alpha value is -0.990. The minimum Gasteiger partial charge on any atom is -0.334 e. The minimum absolute atomic E-state index is 0.0176. The van der Waals surface area contributed by atoms with Crippen LogP contribution in [0, 0.1) is 0 Å². The zero-order chi connectivity index (χ0) is 14.6. The molecule has 0 heterocycles. The molecule has 19 heavy (non-hydrogen) atoms. The fourth-order valence-corrected chi connectivity index (χ4v) is 2.46. The normalized spacial score (nSPS) is 11.6. The summed E-state index contributed by atoms with van der Waals surface area (Å²) in [7, 11) is 0. The molecule has 0 unspecified atom stereocenters. The van der Waals surface area contributed by atoms with Crippen molar-refractivity contribution in [3.05, 3.63) is 39.9 Å². The standard InChI is InChI=1S/C15H19Cl2NO/c1-10(2)18(11(3)4)15(19)8-6-12-5-7-13(16)9-14(12)17/h5-11H,1-4H3. The molecule has 104 valence electrons. The maximum absolute atomic E-state index is 12.1. The van der Waals surface area contributed by atoms with E-state index in [0.29, 0.717) is 10.0 Å². The van der Waals surface area contributed by atoms with Crippen LogP contribution in [-0.4, -0.2) is 22.9 Å². The molecule has 1 aromatic rings. The minimum atomic E-state index is -0.0176. The molecule has 0 saturated heterocycles. The Morgan fingerprint density at radius 3 is 2.21 bits per heavy atom. The second-order valence-electron chi connectivity index (χ2n) is 4.93. The Kier molecular flexibility index (Phi) is 5.89. The second-order valence-corrected chi connectivity index (χ2v) is 5.78. The van der Waals surface area contributed by atoms with Crippen LogP contribution in [0.5, 0.6) is 0 Å². The van der Waals surface area contributed by atoms with Crippen LogP contribution in [0.3, 0.4) is 0 Å². The van der Waals surface area contributed by atoms with E-state index in [0.717, 1.165) is 5.56 Å². The molecule has 4 heteroatoms. The Bertz CT molecular complexity index is 473. The lowest BCUT2D eigenvalue weighted by Crippen LogP contribution is -2.41. The first-order valence-electron chi connectivity index (χ1n) is 6.28. The largest absolute Gasteiger partial charge is 0.334 e. The van der Waals surface area contributed by atoms with Gasteiger partial charge in [0.25, 0.3) is 0 Å². The molecule has 0 saturated carbocycles. The smallest absolute Gasteiger partial charge is 0.247 e. The zero-order valence-electron chi connectivity index (χ0n) is 11.7. The van der Waals surface area contributed by atoms with Gasteiger partial charge < -0.3 is 4.90 Å². The van der Waals surface area contributed by atoms with E-state index in [-0.39, 0.29) is 18.0 Å². The van der Waals surface area contributed by atoms with Crippen LogP contribution in [0.15, 0.2) is 24.3 Å². The molecule has 0 aliphatic heterocycles. The number of carbonyl (C=O) groups is 1. The van der Waals surface area contributed by atoms with Crippen LogP contribution in [0.2, 0.25) is 10.0 Å². The number of hydrogen-bond donors (Lipinski definition) is 0. The molecule has 1 rings (SSSR count). The van der Waals surface area contributed by atoms with Gasteiger partial charge in [-0.05, 0) is 51.5 Å². The maximum Gasteiger partial charge on any atom is 0.247 e. The van der Waals surface area contributed by atoms with Crippen LogP contribution in [0.1, 0.15) is 33.3 Å². The number of hydrogen-bond acceptors (Lipinski definition) is 1. The van der Waals surface area contributed by atoms with Crippen molar-refractivity contribution in [2.24, 2.45) is 0 Å². The first-order valence-corrected chi connectivity index (χ1v) is 7.04. The second kappa shape index (κ2) is 6.97. The summed E-state index contributed by atoms with van der Waals surface area (Å²) in [6.45, 7) is 8.00. The third-order valence-corrected chi connectivity index (χ3v) is 3.30. The number of halogens is 2. The SMILES string of the molecule is CC(C)N(C(=O)C=Cc1ccc(Cl)cc1Cl)C(C)C. The van der Waals surface area contributed by atoms with Gasteiger partial charge in [-0.3, -0.25) is 4.79 Å². The van der Waals surface area contributed by atoms with Gasteiger partial charge in [-0.2, -0.15) is 0 Å². The van der Waals surface area contributed by atoms with E-state index >= 15 is 0 Å². The molecule has 1 aromatic carbocycles. The molecule has 0 aliphatic carbocycles. The molecular weight excluding hydrogens is 281 g/mol. The summed E-state index contributed by atoms with van der Waals surface area (Å²) >= 11 is 11.9. The number of benzene rings is 1. The quantitative estimate of drug-likeness (QED) is 0.741. The topological polar surface area (TPSA) is 20.3 Å². The molecule has 0 spiro atoms. The van der Waals surface area contributed by atoms with Crippen LogP contribution < -0.4 is 0 Å². The van der Waals surface area contributed by atoms with E-state index in [1.165, 1.54) is 0 Å². The van der Waals surface area contributed by atoms with E-state index in [4.69, 9.17) is 23.2 Å². The van der Waals surface area contributed by atoms with Gasteiger partial charge >= 0.3 is 0 Å². The highest BCUT2D eigenvalue weighted by Gasteiger charge is 2.17. The van der Waals surface area contributed by atoms with Crippen molar-refractivity contribution in [3.8, 4) is 0 Å². The van der Waals surface area contributed by atoms with Crippen molar-refractivity contribution < 1.29 is 4.79 Å². The van der Waals surface area contributed by atoms with Crippen LogP contribution in [0.25, 0.3) is 6.08 Å². The predicted molar refractivity (Wildman–Crippen MR) is 82.6 cm³/mol. The molecule has 0 N–H and O–H groups in total. The number of rotatable bonds is 4. The van der Waals surface area contributed by atoms with Gasteiger partial charge in [0, 0.05) is 28.2 Å². The van der Waals surface area contributed by atoms with Crippen molar-refractivity contribution in [1.82, 2.24) is 4.90 Å². The highest BCUT2D eigenvalue weighted by Crippen LogP contribution is 2.22. The van der Waals surface area contributed by atoms with Crippen LogP contribution in [-0.2, 0) is 4.79 Å². The fraction of sp³-hybridized carbons (Fsp3) is 0.400. The van der Waals surface area contributed by atoms with Gasteiger partial charge in [-0.25, -0.2) is 0 Å². The van der Waals surface area contributed by atoms with E-state index in [1.54, 1.807) is 30.4 Å². The van der Waals surface area contributed by atoms with Gasteiger partial charge in [0.1, 0.15) is 0 Å². The number of nitrogens with zero attached hydrogens (tertiary/aromatic N) is 1. The maximum atomic E-state index is 12.1. The Morgan fingerprint density at radius 1 is 1.16 bits per heavy atom. The molecule has 0 aliphatic rings. The molecule has 0 aromatic heterocycles. The summed E-state index contributed by atoms with van der Waals surface area (Å²) in [6.07, 6.45) is 3.27. The molecule has 0 bridgehead atoms. The van der Waals surface area contributed by atoms with E-state index in [2.05, 4.69) is 0 Å². The molecule has 0 fully saturated rings. The molecule has 0 radical (unpaired) electrons. The lowest BCUT2D eigenvalue weighted by molar-refractivity contribution is -0.129. The van der Waals surface area contributed by atoms with Crippen molar-refractivity contribution in [2.75, 3.05) is 0 Å². The fourth-order valence-electron chi connectivity index (χ4n) is 1.99. The average Bonchev–Trinajstić information content (AvgIpc) is 2.26. The van der Waals surface area contributed by atoms with Crippen LogP contribution in [0.4, 0.5) is 0 Å². The lowest BCUT2D eigenvalue weighted by Gasteiger charge is -2.29. The summed E-state index contributed by atoms with van der Waals surface area (Å²) in [5.74, 6) is -0.0176. The van der Waals surface area contributed by atoms with E-state index < -0.39 is 0 Å². The average molecular weight is 300 g/mol. The van der Waals surface area contributed by atoms with Gasteiger partial charge in [-0.1, -0.05) is 29.3 Å². The summed E-state index contributed by atoms with van der Waals surface area (Å²) in [4.78, 5) is 14.0. The summed E-state index contributed by atoms with van der Waals surface area (Å²) in [6, 6.07) is 5.54. The highest BCUT2D eigenvalue weighted by molar-refractivity contribution is 6.35. The van der Waals surface area contributed by atoms with E-state index in [1.807, 2.05) is 32.6 Å². The Labute approximate surface area is 125 Å². The highest BCUT2D eigenvalue weighted by atomic mass is 35.5. The molecule has 0 atom stereocenters. The van der Waals surface area contributed by atoms with Gasteiger partial charge in [0.2, 0.25) is 5.91 Å². The van der Waals surface area contributed by atoms with Crippen molar-refractivity contribution in [3.63, 3.8) is 0 Å². The zero-order valence-corrected chi connectivity index (χ0v) is 13.2. The molecular formula is C15H19Cl2NO. The van der Waals surface area contributed by atoms with Gasteiger partial charge in [-0.15, -0.1) is 0 Å². The molecule has 2 nitrogen and oxygen atoms in total. The Balaban J connectivity index is 2.88.